The Bertz CT molecular complexity index is 935. The van der Waals surface area contributed by atoms with Crippen molar-refractivity contribution in [3.8, 4) is 11.5 Å². The maximum Gasteiger partial charge on any atom is 0.408 e. The lowest BCUT2D eigenvalue weighted by molar-refractivity contribution is -0.139. The van der Waals surface area contributed by atoms with Crippen LogP contribution in [0.15, 0.2) is 23.2 Å². The first-order chi connectivity index (χ1) is 15.2. The quantitative estimate of drug-likeness (QED) is 0.301. The second-order valence-electron chi connectivity index (χ2n) is 6.74. The number of carboxylic acids is 1. The molecule has 0 unspecified atom stereocenters. The van der Waals surface area contributed by atoms with E-state index in [1.54, 1.807) is 0 Å². The van der Waals surface area contributed by atoms with E-state index in [1.165, 1.54) is 18.2 Å². The number of thioether (sulfide) groups is 1. The number of anilines is 2. The predicted octanol–water partition coefficient (Wildman–Crippen LogP) is 3.16. The van der Waals surface area contributed by atoms with Gasteiger partial charge in [-0.2, -0.15) is 41.3 Å². The van der Waals surface area contributed by atoms with Crippen molar-refractivity contribution >= 4 is 29.6 Å². The summed E-state index contributed by atoms with van der Waals surface area (Å²) in [5.74, 6) is -2.79. The highest BCUT2D eigenvalue weighted by Gasteiger charge is 2.38. The number of carboxylic acid groups (broad SMARTS) is 1. The number of aliphatic carboxylic acids is 1. The van der Waals surface area contributed by atoms with E-state index < -0.39 is 48.3 Å². The molecule has 2 heterocycles. The van der Waals surface area contributed by atoms with Crippen LogP contribution < -0.4 is 16.4 Å². The molecule has 0 aliphatic rings. The molecule has 0 saturated carbocycles. The molecule has 0 spiro atoms. The topological polar surface area (TPSA) is 139 Å². The highest BCUT2D eigenvalue weighted by molar-refractivity contribution is 7.99. The lowest BCUT2D eigenvalue weighted by atomic mass is 10.3. The molecule has 182 valence electrons. The molecule has 0 bridgehead atoms. The van der Waals surface area contributed by atoms with Gasteiger partial charge < -0.3 is 21.5 Å². The summed E-state index contributed by atoms with van der Waals surface area (Å²) in [5, 5.41) is 13.1. The number of nitrogens with two attached hydrogens (primary N) is 1. The third-order valence-corrected chi connectivity index (χ3v) is 5.04. The number of aromatic nitrogens is 4. The van der Waals surface area contributed by atoms with Crippen LogP contribution >= 0.6 is 11.8 Å². The van der Waals surface area contributed by atoms with Gasteiger partial charge in [-0.05, 0) is 26.0 Å². The van der Waals surface area contributed by atoms with Crippen molar-refractivity contribution in [3.05, 3.63) is 18.2 Å². The third kappa shape index (κ3) is 7.88. The zero-order valence-electron chi connectivity index (χ0n) is 17.1. The standard InChI is InChI=1S/C17H19F6N7O2S/c1-7(16(18,19)20)25-14-28-12(29-15(30-14)26-8(2)17(21,22)23)10-4-3-5-11(27-10)33-6-9(24)13(31)32/h3-5,7-9H,6,24H2,1-2H3,(H,31,32)(H2,25,26,28,29,30)/t7-,8-,9+/m1/s1. The van der Waals surface area contributed by atoms with Crippen molar-refractivity contribution < 1.29 is 36.2 Å². The van der Waals surface area contributed by atoms with E-state index in [2.05, 4.69) is 19.9 Å². The van der Waals surface area contributed by atoms with Crippen molar-refractivity contribution in [1.82, 2.24) is 19.9 Å². The highest BCUT2D eigenvalue weighted by Crippen LogP contribution is 2.26. The Kier molecular flexibility index (Phi) is 8.29. The van der Waals surface area contributed by atoms with E-state index in [9.17, 15) is 31.1 Å². The largest absolute Gasteiger partial charge is 0.480 e. The van der Waals surface area contributed by atoms with Gasteiger partial charge in [0, 0.05) is 5.75 Å². The number of carbonyl (C=O) groups is 1. The minimum Gasteiger partial charge on any atom is -0.480 e. The SMILES string of the molecule is C[C@@H](Nc1nc(N[C@H](C)C(F)(F)F)nc(-c2cccc(SC[C@H](N)C(=O)O)n2)n1)C(F)(F)F. The molecule has 33 heavy (non-hydrogen) atoms. The van der Waals surface area contributed by atoms with Gasteiger partial charge in [-0.25, -0.2) is 4.98 Å². The molecule has 16 heteroatoms. The van der Waals surface area contributed by atoms with E-state index in [0.717, 1.165) is 25.6 Å². The first-order valence-electron chi connectivity index (χ1n) is 9.18. The minimum atomic E-state index is -4.67. The van der Waals surface area contributed by atoms with Gasteiger partial charge in [0.05, 0.1) is 5.03 Å². The van der Waals surface area contributed by atoms with Gasteiger partial charge in [0.2, 0.25) is 11.9 Å². The van der Waals surface area contributed by atoms with Crippen molar-refractivity contribution in [1.29, 1.82) is 0 Å². The van der Waals surface area contributed by atoms with Crippen LogP contribution in [0, 0.1) is 0 Å². The maximum atomic E-state index is 12.9. The van der Waals surface area contributed by atoms with Gasteiger partial charge in [-0.1, -0.05) is 6.07 Å². The van der Waals surface area contributed by atoms with Crippen molar-refractivity contribution in [2.45, 2.75) is 49.4 Å². The second-order valence-corrected chi connectivity index (χ2v) is 7.78. The lowest BCUT2D eigenvalue weighted by Crippen LogP contribution is -2.35. The van der Waals surface area contributed by atoms with E-state index in [4.69, 9.17) is 10.8 Å². The molecule has 0 fully saturated rings. The molecule has 2 rings (SSSR count). The van der Waals surface area contributed by atoms with Gasteiger partial charge in [-0.15, -0.1) is 11.8 Å². The fourth-order valence-corrected chi connectivity index (χ4v) is 2.87. The van der Waals surface area contributed by atoms with Crippen LogP contribution in [0.2, 0.25) is 0 Å². The van der Waals surface area contributed by atoms with Crippen LogP contribution in [-0.2, 0) is 4.79 Å². The monoisotopic (exact) mass is 499 g/mol. The second kappa shape index (κ2) is 10.4. The van der Waals surface area contributed by atoms with Gasteiger partial charge >= 0.3 is 18.3 Å². The van der Waals surface area contributed by atoms with Crippen LogP contribution in [0.1, 0.15) is 13.8 Å². The molecule has 9 nitrogen and oxygen atoms in total. The average Bonchev–Trinajstić information content (AvgIpc) is 2.70. The van der Waals surface area contributed by atoms with Crippen molar-refractivity contribution in [2.24, 2.45) is 5.73 Å². The van der Waals surface area contributed by atoms with Crippen molar-refractivity contribution in [3.63, 3.8) is 0 Å². The number of halogens is 6. The van der Waals surface area contributed by atoms with Crippen LogP contribution in [0.3, 0.4) is 0 Å². The molecule has 3 atom stereocenters. The van der Waals surface area contributed by atoms with Crippen LogP contribution in [-0.4, -0.2) is 67.2 Å². The number of nitrogens with one attached hydrogen (secondary N) is 2. The summed E-state index contributed by atoms with van der Waals surface area (Å²) in [6.07, 6.45) is -9.34. The van der Waals surface area contributed by atoms with Gasteiger partial charge in [0.25, 0.3) is 0 Å². The van der Waals surface area contributed by atoms with E-state index in [-0.39, 0.29) is 17.3 Å². The Balaban J connectivity index is 2.40. The average molecular weight is 499 g/mol. The van der Waals surface area contributed by atoms with Crippen LogP contribution in [0.5, 0.6) is 0 Å². The zero-order valence-corrected chi connectivity index (χ0v) is 17.9. The molecule has 0 amide bonds. The first kappa shape index (κ1) is 26.4. The summed E-state index contributed by atoms with van der Waals surface area (Å²) < 4.78 is 77.5. The first-order valence-corrected chi connectivity index (χ1v) is 10.2. The molecule has 2 aromatic heterocycles. The molecule has 2 aromatic rings. The summed E-state index contributed by atoms with van der Waals surface area (Å²) in [6, 6.07) is -1.00. The van der Waals surface area contributed by atoms with Gasteiger partial charge in [0.15, 0.2) is 5.82 Å². The van der Waals surface area contributed by atoms with E-state index in [1.807, 2.05) is 10.6 Å². The number of rotatable bonds is 9. The molecule has 0 aromatic carbocycles. The fourth-order valence-electron chi connectivity index (χ4n) is 2.04. The number of hydrogen-bond donors (Lipinski definition) is 4. The van der Waals surface area contributed by atoms with Crippen LogP contribution in [0.25, 0.3) is 11.5 Å². The highest BCUT2D eigenvalue weighted by atomic mass is 32.2. The number of alkyl halides is 6. The third-order valence-electron chi connectivity index (χ3n) is 3.99. The number of pyridine rings is 1. The van der Waals surface area contributed by atoms with Crippen LogP contribution in [0.4, 0.5) is 38.2 Å². The summed E-state index contributed by atoms with van der Waals surface area (Å²) in [7, 11) is 0. The lowest BCUT2D eigenvalue weighted by Gasteiger charge is -2.20. The molecule has 0 radical (unpaired) electrons. The molecular weight excluding hydrogens is 480 g/mol. The molecular formula is C17H19F6N7O2S. The van der Waals surface area contributed by atoms with Crippen molar-refractivity contribution in [2.75, 3.05) is 16.4 Å². The minimum absolute atomic E-state index is 0.0109. The Morgan fingerprint density at radius 3 is 1.97 bits per heavy atom. The summed E-state index contributed by atoms with van der Waals surface area (Å²) >= 11 is 0.985. The normalized spacial score (nSPS) is 14.9. The zero-order chi connectivity index (χ0) is 25.0. The predicted molar refractivity (Wildman–Crippen MR) is 108 cm³/mol. The Hall–Kier alpha value is -2.88. The molecule has 0 aliphatic carbocycles. The number of nitrogens with zero attached hydrogens (tertiary/aromatic N) is 4. The summed E-state index contributed by atoms with van der Waals surface area (Å²) in [6.45, 7) is 1.58. The number of hydrogen-bond acceptors (Lipinski definition) is 9. The summed E-state index contributed by atoms with van der Waals surface area (Å²) in [4.78, 5) is 26.3. The van der Waals surface area contributed by atoms with Gasteiger partial charge in [0.1, 0.15) is 23.8 Å². The van der Waals surface area contributed by atoms with Gasteiger partial charge in [-0.3, -0.25) is 4.79 Å². The Morgan fingerprint density at radius 1 is 1.00 bits per heavy atom. The Morgan fingerprint density at radius 2 is 1.52 bits per heavy atom. The molecule has 0 saturated heterocycles. The Labute approximate surface area is 187 Å². The van der Waals surface area contributed by atoms with E-state index >= 15 is 0 Å². The summed E-state index contributed by atoms with van der Waals surface area (Å²) in [5.41, 5.74) is 5.45. The maximum absolute atomic E-state index is 12.9. The molecule has 0 aliphatic heterocycles. The smallest absolute Gasteiger partial charge is 0.408 e. The fraction of sp³-hybridized carbons (Fsp3) is 0.471. The van der Waals surface area contributed by atoms with E-state index in [0.29, 0.717) is 5.03 Å². The molecule has 5 N–H and O–H groups in total.